The van der Waals surface area contributed by atoms with Gasteiger partial charge in [-0.05, 0) is 44.9 Å². The summed E-state index contributed by atoms with van der Waals surface area (Å²) in [6.07, 6.45) is 0.583. The standard InChI is InChI=1S/C12H18ClNO2S/c1-10-5-4-6-11(9-10)17(15,16)14-12(2,3)7-8-13/h4-6,9,14H,7-8H2,1-3H3. The van der Waals surface area contributed by atoms with E-state index in [0.717, 1.165) is 5.56 Å². The highest BCUT2D eigenvalue weighted by Gasteiger charge is 2.25. The zero-order valence-electron chi connectivity index (χ0n) is 10.3. The third-order valence-electron chi connectivity index (χ3n) is 2.43. The smallest absolute Gasteiger partial charge is 0.207 e. The molecule has 17 heavy (non-hydrogen) atoms. The Hall–Kier alpha value is -0.580. The van der Waals surface area contributed by atoms with Crippen LogP contribution in [0.3, 0.4) is 0 Å². The predicted molar refractivity (Wildman–Crippen MR) is 70.9 cm³/mol. The highest BCUT2D eigenvalue weighted by Crippen LogP contribution is 2.17. The van der Waals surface area contributed by atoms with E-state index in [1.165, 1.54) is 0 Å². The van der Waals surface area contributed by atoms with Gasteiger partial charge in [-0.15, -0.1) is 11.6 Å². The molecule has 0 radical (unpaired) electrons. The van der Waals surface area contributed by atoms with Gasteiger partial charge in [-0.1, -0.05) is 12.1 Å². The Kier molecular flexibility index (Phi) is 4.58. The summed E-state index contributed by atoms with van der Waals surface area (Å²) in [5.41, 5.74) is 0.382. The fourth-order valence-electron chi connectivity index (χ4n) is 1.49. The summed E-state index contributed by atoms with van der Waals surface area (Å²) in [7, 11) is -3.47. The Labute approximate surface area is 108 Å². The van der Waals surface area contributed by atoms with Crippen molar-refractivity contribution in [2.75, 3.05) is 5.88 Å². The van der Waals surface area contributed by atoms with Crippen LogP contribution in [0.25, 0.3) is 0 Å². The lowest BCUT2D eigenvalue weighted by molar-refractivity contribution is 0.441. The third-order valence-corrected chi connectivity index (χ3v) is 4.31. The molecule has 0 aliphatic rings. The van der Waals surface area contributed by atoms with Crippen molar-refractivity contribution in [2.24, 2.45) is 0 Å². The molecule has 5 heteroatoms. The number of hydrogen-bond donors (Lipinski definition) is 1. The van der Waals surface area contributed by atoms with Crippen LogP contribution < -0.4 is 4.72 Å². The summed E-state index contributed by atoms with van der Waals surface area (Å²) >= 11 is 5.65. The lowest BCUT2D eigenvalue weighted by atomic mass is 10.0. The molecular formula is C12H18ClNO2S. The van der Waals surface area contributed by atoms with Crippen LogP contribution in [0, 0.1) is 6.92 Å². The molecule has 0 heterocycles. The molecule has 0 amide bonds. The summed E-state index contributed by atoms with van der Waals surface area (Å²) in [6.45, 7) is 5.51. The predicted octanol–water partition coefficient (Wildman–Crippen LogP) is 2.68. The van der Waals surface area contributed by atoms with Gasteiger partial charge < -0.3 is 0 Å². The molecule has 0 atom stereocenters. The van der Waals surface area contributed by atoms with Crippen LogP contribution in [0.4, 0.5) is 0 Å². The van der Waals surface area contributed by atoms with E-state index in [1.807, 2.05) is 26.8 Å². The number of sulfonamides is 1. The molecule has 0 aliphatic carbocycles. The molecule has 0 spiro atoms. The molecule has 1 N–H and O–H groups in total. The second kappa shape index (κ2) is 5.38. The highest BCUT2D eigenvalue weighted by atomic mass is 35.5. The fourth-order valence-corrected chi connectivity index (χ4v) is 3.51. The Morgan fingerprint density at radius 1 is 1.35 bits per heavy atom. The largest absolute Gasteiger partial charge is 0.241 e. The second-order valence-corrected chi connectivity index (χ2v) is 6.81. The van der Waals surface area contributed by atoms with E-state index in [9.17, 15) is 8.42 Å². The SMILES string of the molecule is Cc1cccc(S(=O)(=O)NC(C)(C)CCCl)c1. The minimum atomic E-state index is -3.47. The minimum absolute atomic E-state index is 0.292. The molecule has 96 valence electrons. The van der Waals surface area contributed by atoms with Gasteiger partial charge in [-0.25, -0.2) is 13.1 Å². The Bertz CT molecular complexity index is 483. The molecule has 0 saturated heterocycles. The molecule has 1 rings (SSSR count). The summed E-state index contributed by atoms with van der Waals surface area (Å²) < 4.78 is 26.9. The van der Waals surface area contributed by atoms with E-state index in [1.54, 1.807) is 18.2 Å². The van der Waals surface area contributed by atoms with Crippen molar-refractivity contribution < 1.29 is 8.42 Å². The van der Waals surface area contributed by atoms with E-state index in [-0.39, 0.29) is 0 Å². The van der Waals surface area contributed by atoms with E-state index >= 15 is 0 Å². The van der Waals surface area contributed by atoms with Gasteiger partial charge in [0.1, 0.15) is 0 Å². The van der Waals surface area contributed by atoms with Crippen molar-refractivity contribution in [3.05, 3.63) is 29.8 Å². The Morgan fingerprint density at radius 3 is 2.53 bits per heavy atom. The highest BCUT2D eigenvalue weighted by molar-refractivity contribution is 7.89. The normalized spacial score (nSPS) is 12.7. The molecule has 0 unspecified atom stereocenters. The minimum Gasteiger partial charge on any atom is -0.207 e. The van der Waals surface area contributed by atoms with Crippen molar-refractivity contribution in [3.63, 3.8) is 0 Å². The maximum Gasteiger partial charge on any atom is 0.241 e. The Balaban J connectivity index is 2.97. The number of hydrogen-bond acceptors (Lipinski definition) is 2. The molecular weight excluding hydrogens is 258 g/mol. The van der Waals surface area contributed by atoms with E-state index in [4.69, 9.17) is 11.6 Å². The van der Waals surface area contributed by atoms with Gasteiger partial charge in [0.15, 0.2) is 0 Å². The van der Waals surface area contributed by atoms with Crippen LogP contribution >= 0.6 is 11.6 Å². The quantitative estimate of drug-likeness (QED) is 0.840. The number of benzene rings is 1. The summed E-state index contributed by atoms with van der Waals surface area (Å²) in [6, 6.07) is 6.84. The summed E-state index contributed by atoms with van der Waals surface area (Å²) in [5, 5.41) is 0. The van der Waals surface area contributed by atoms with Crippen molar-refractivity contribution in [1.82, 2.24) is 4.72 Å². The van der Waals surface area contributed by atoms with Gasteiger partial charge in [0.05, 0.1) is 4.90 Å². The van der Waals surface area contributed by atoms with Crippen LogP contribution in [0.5, 0.6) is 0 Å². The van der Waals surface area contributed by atoms with Crippen LogP contribution in [0.2, 0.25) is 0 Å². The average molecular weight is 276 g/mol. The van der Waals surface area contributed by atoms with E-state index in [0.29, 0.717) is 17.2 Å². The molecule has 0 aromatic heterocycles. The van der Waals surface area contributed by atoms with Crippen LogP contribution in [-0.2, 0) is 10.0 Å². The lowest BCUT2D eigenvalue weighted by Gasteiger charge is -2.25. The van der Waals surface area contributed by atoms with Crippen LogP contribution in [-0.4, -0.2) is 19.8 Å². The van der Waals surface area contributed by atoms with Crippen molar-refractivity contribution >= 4 is 21.6 Å². The maximum atomic E-state index is 12.1. The van der Waals surface area contributed by atoms with Gasteiger partial charge in [-0.3, -0.25) is 0 Å². The molecule has 3 nitrogen and oxygen atoms in total. The van der Waals surface area contributed by atoms with Gasteiger partial charge in [-0.2, -0.15) is 0 Å². The molecule has 0 bridgehead atoms. The maximum absolute atomic E-state index is 12.1. The van der Waals surface area contributed by atoms with E-state index < -0.39 is 15.6 Å². The monoisotopic (exact) mass is 275 g/mol. The molecule has 0 saturated carbocycles. The van der Waals surface area contributed by atoms with Crippen LogP contribution in [0.1, 0.15) is 25.8 Å². The first-order valence-electron chi connectivity index (χ1n) is 5.43. The summed E-state index contributed by atoms with van der Waals surface area (Å²) in [5.74, 6) is 0.420. The van der Waals surface area contributed by atoms with Crippen molar-refractivity contribution in [3.8, 4) is 0 Å². The van der Waals surface area contributed by atoms with Gasteiger partial charge in [0, 0.05) is 11.4 Å². The van der Waals surface area contributed by atoms with Gasteiger partial charge >= 0.3 is 0 Å². The zero-order chi connectivity index (χ0) is 13.1. The molecule has 1 aromatic rings. The molecule has 0 fully saturated rings. The van der Waals surface area contributed by atoms with Gasteiger partial charge in [0.2, 0.25) is 10.0 Å². The third kappa shape index (κ3) is 4.30. The van der Waals surface area contributed by atoms with Crippen molar-refractivity contribution in [2.45, 2.75) is 37.6 Å². The first kappa shape index (κ1) is 14.5. The molecule has 1 aromatic carbocycles. The Morgan fingerprint density at radius 2 is 2.00 bits per heavy atom. The molecule has 0 aliphatic heterocycles. The lowest BCUT2D eigenvalue weighted by Crippen LogP contribution is -2.43. The number of alkyl halides is 1. The fraction of sp³-hybridized carbons (Fsp3) is 0.500. The average Bonchev–Trinajstić information content (AvgIpc) is 2.15. The first-order valence-corrected chi connectivity index (χ1v) is 7.45. The number of rotatable bonds is 5. The van der Waals surface area contributed by atoms with Gasteiger partial charge in [0.25, 0.3) is 0 Å². The zero-order valence-corrected chi connectivity index (χ0v) is 11.9. The number of nitrogens with one attached hydrogen (secondary N) is 1. The first-order chi connectivity index (χ1) is 7.77. The van der Waals surface area contributed by atoms with Crippen molar-refractivity contribution in [1.29, 1.82) is 0 Å². The number of halogens is 1. The topological polar surface area (TPSA) is 46.2 Å². The second-order valence-electron chi connectivity index (χ2n) is 4.74. The van der Waals surface area contributed by atoms with E-state index in [2.05, 4.69) is 4.72 Å². The number of aryl methyl sites for hydroxylation is 1. The van der Waals surface area contributed by atoms with Crippen LogP contribution in [0.15, 0.2) is 29.2 Å². The summed E-state index contributed by atoms with van der Waals surface area (Å²) in [4.78, 5) is 0.292.